The lowest BCUT2D eigenvalue weighted by Gasteiger charge is -2.34. The van der Waals surface area contributed by atoms with Gasteiger partial charge in [0.2, 0.25) is 17.6 Å². The lowest BCUT2D eigenvalue weighted by atomic mass is 10.1. The summed E-state index contributed by atoms with van der Waals surface area (Å²) in [6.07, 6.45) is 0. The molecule has 0 radical (unpaired) electrons. The molecule has 10 heteroatoms. The number of esters is 1. The summed E-state index contributed by atoms with van der Waals surface area (Å²) in [7, 11) is 0. The maximum atomic E-state index is 12.8. The molecule has 2 aliphatic heterocycles. The number of amides is 2. The Kier molecular flexibility index (Phi) is 5.99. The van der Waals surface area contributed by atoms with Crippen molar-refractivity contribution in [1.82, 2.24) is 24.8 Å². The highest BCUT2D eigenvalue weighted by Gasteiger charge is 2.31. The molecule has 4 rings (SSSR count). The number of hydrogen-bond donors (Lipinski definition) is 0. The van der Waals surface area contributed by atoms with Gasteiger partial charge in [0, 0.05) is 50.8 Å². The van der Waals surface area contributed by atoms with Crippen LogP contribution < -0.4 is 0 Å². The molecular weight excluding hydrogens is 402 g/mol. The van der Waals surface area contributed by atoms with E-state index in [1.54, 1.807) is 35.8 Å². The van der Waals surface area contributed by atoms with Crippen molar-refractivity contribution in [3.05, 3.63) is 35.2 Å². The van der Waals surface area contributed by atoms with Crippen LogP contribution in [0.25, 0.3) is 11.4 Å². The summed E-state index contributed by atoms with van der Waals surface area (Å²) >= 11 is 0. The third kappa shape index (κ3) is 4.58. The van der Waals surface area contributed by atoms with E-state index in [4.69, 9.17) is 9.26 Å². The normalized spacial score (nSPS) is 16.5. The van der Waals surface area contributed by atoms with Gasteiger partial charge in [-0.2, -0.15) is 4.98 Å². The summed E-state index contributed by atoms with van der Waals surface area (Å²) in [6, 6.07) is 5.41. The Hall–Kier alpha value is -3.27. The van der Waals surface area contributed by atoms with Crippen LogP contribution in [-0.4, -0.2) is 88.5 Å². The molecule has 1 aromatic heterocycles. The van der Waals surface area contributed by atoms with Gasteiger partial charge < -0.3 is 19.1 Å². The van der Waals surface area contributed by atoms with Gasteiger partial charge in [0.05, 0.1) is 13.2 Å². The second-order valence-corrected chi connectivity index (χ2v) is 7.63. The van der Waals surface area contributed by atoms with Gasteiger partial charge in [0.15, 0.2) is 0 Å². The summed E-state index contributed by atoms with van der Waals surface area (Å²) in [4.78, 5) is 46.6. The van der Waals surface area contributed by atoms with Crippen LogP contribution in [0.3, 0.4) is 0 Å². The van der Waals surface area contributed by atoms with Gasteiger partial charge in [0.25, 0.3) is 5.91 Å². The molecule has 0 aliphatic carbocycles. The predicted molar refractivity (Wildman–Crippen MR) is 109 cm³/mol. The summed E-state index contributed by atoms with van der Waals surface area (Å²) < 4.78 is 9.99. The molecule has 1 aromatic carbocycles. The van der Waals surface area contributed by atoms with E-state index in [0.29, 0.717) is 56.6 Å². The predicted octanol–water partition coefficient (Wildman–Crippen LogP) is 0.708. The van der Waals surface area contributed by atoms with E-state index in [0.717, 1.165) is 11.1 Å². The fourth-order valence-corrected chi connectivity index (χ4v) is 3.87. The number of hydrogen-bond acceptors (Lipinski definition) is 8. The van der Waals surface area contributed by atoms with E-state index in [1.807, 2.05) is 11.0 Å². The highest BCUT2D eigenvalue weighted by Crippen LogP contribution is 2.27. The Balaban J connectivity index is 1.33. The maximum Gasteiger partial charge on any atom is 0.320 e. The van der Waals surface area contributed by atoms with Crippen LogP contribution in [0.1, 0.15) is 28.7 Å². The van der Waals surface area contributed by atoms with Gasteiger partial charge in [0.1, 0.15) is 6.54 Å². The molecule has 2 aliphatic rings. The van der Waals surface area contributed by atoms with Gasteiger partial charge in [-0.3, -0.25) is 19.3 Å². The van der Waals surface area contributed by atoms with Crippen LogP contribution in [0, 0.1) is 6.92 Å². The van der Waals surface area contributed by atoms with Crippen molar-refractivity contribution < 1.29 is 23.6 Å². The molecule has 0 unspecified atom stereocenters. The lowest BCUT2D eigenvalue weighted by Crippen LogP contribution is -2.52. The van der Waals surface area contributed by atoms with Crippen LogP contribution in [-0.2, 0) is 20.9 Å². The highest BCUT2D eigenvalue weighted by molar-refractivity contribution is 6.00. The maximum absolute atomic E-state index is 12.8. The molecule has 164 valence electrons. The van der Waals surface area contributed by atoms with Crippen LogP contribution in [0.5, 0.6) is 0 Å². The van der Waals surface area contributed by atoms with Crippen LogP contribution in [0.15, 0.2) is 22.7 Å². The fourth-order valence-electron chi connectivity index (χ4n) is 3.87. The summed E-state index contributed by atoms with van der Waals surface area (Å²) in [5, 5.41) is 3.92. The molecule has 1 saturated heterocycles. The second kappa shape index (κ2) is 8.84. The van der Waals surface area contributed by atoms with Crippen molar-refractivity contribution in [3.8, 4) is 11.4 Å². The van der Waals surface area contributed by atoms with Crippen LogP contribution >= 0.6 is 0 Å². The molecule has 10 nitrogen and oxygen atoms in total. The Bertz CT molecular complexity index is 996. The quantitative estimate of drug-likeness (QED) is 0.620. The minimum absolute atomic E-state index is 0.0298. The fraction of sp³-hybridized carbons (Fsp3) is 0.476. The molecule has 0 saturated carbocycles. The number of aromatic nitrogens is 2. The van der Waals surface area contributed by atoms with E-state index >= 15 is 0 Å². The van der Waals surface area contributed by atoms with E-state index in [2.05, 4.69) is 10.1 Å². The first-order valence-electron chi connectivity index (χ1n) is 10.3. The molecule has 2 amide bonds. The van der Waals surface area contributed by atoms with Crippen molar-refractivity contribution in [2.45, 2.75) is 20.4 Å². The number of ether oxygens (including phenoxy) is 1. The monoisotopic (exact) mass is 427 g/mol. The molecule has 0 bridgehead atoms. The Morgan fingerprint density at radius 2 is 1.94 bits per heavy atom. The van der Waals surface area contributed by atoms with Gasteiger partial charge in [-0.15, -0.1) is 0 Å². The Morgan fingerprint density at radius 1 is 1.16 bits per heavy atom. The average Bonchev–Trinajstić information content (AvgIpc) is 3.32. The Labute approximate surface area is 179 Å². The van der Waals surface area contributed by atoms with Crippen molar-refractivity contribution >= 4 is 17.8 Å². The van der Waals surface area contributed by atoms with Crippen LogP contribution in [0.2, 0.25) is 0 Å². The van der Waals surface area contributed by atoms with Crippen LogP contribution in [0.4, 0.5) is 0 Å². The molecule has 31 heavy (non-hydrogen) atoms. The lowest BCUT2D eigenvalue weighted by molar-refractivity contribution is -0.145. The minimum atomic E-state index is -0.252. The zero-order valence-electron chi connectivity index (χ0n) is 17.7. The smallest absolute Gasteiger partial charge is 0.320 e. The van der Waals surface area contributed by atoms with Crippen molar-refractivity contribution in [2.75, 3.05) is 45.9 Å². The first kappa shape index (κ1) is 21.0. The first-order chi connectivity index (χ1) is 14.9. The van der Waals surface area contributed by atoms with Gasteiger partial charge in [-0.1, -0.05) is 11.2 Å². The average molecular weight is 427 g/mol. The molecule has 2 aromatic rings. The molecular formula is C21H25N5O5. The zero-order chi connectivity index (χ0) is 22.0. The number of fused-ring (bicyclic) bond motifs is 1. The number of aryl methyl sites for hydroxylation is 1. The Morgan fingerprint density at radius 3 is 2.61 bits per heavy atom. The van der Waals surface area contributed by atoms with Crippen molar-refractivity contribution in [3.63, 3.8) is 0 Å². The number of carbonyl (C=O) groups is 3. The summed E-state index contributed by atoms with van der Waals surface area (Å²) in [6.45, 7) is 6.74. The zero-order valence-corrected chi connectivity index (χ0v) is 17.7. The third-order valence-electron chi connectivity index (χ3n) is 5.48. The largest absolute Gasteiger partial charge is 0.465 e. The van der Waals surface area contributed by atoms with E-state index < -0.39 is 0 Å². The summed E-state index contributed by atoms with van der Waals surface area (Å²) in [5.74, 6) is 0.452. The number of piperazine rings is 1. The SMILES string of the molecule is CCOC(=O)CN1CCN(C(=O)CN2Cc3cc(-c4noc(C)n4)ccc3C2=O)CC1. The number of rotatable bonds is 6. The second-order valence-electron chi connectivity index (χ2n) is 7.63. The number of benzene rings is 1. The number of nitrogens with zero attached hydrogens (tertiary/aromatic N) is 5. The molecule has 0 spiro atoms. The molecule has 1 fully saturated rings. The van der Waals surface area contributed by atoms with E-state index in [1.165, 1.54) is 0 Å². The standard InChI is InChI=1S/C21H25N5O5/c1-3-30-19(28)13-24-6-8-25(9-7-24)18(27)12-26-11-16-10-15(4-5-17(16)21(26)29)20-22-14(2)31-23-20/h4-5,10H,3,6-9,11-13H2,1-2H3. The highest BCUT2D eigenvalue weighted by atomic mass is 16.5. The van der Waals surface area contributed by atoms with E-state index in [-0.39, 0.29) is 30.9 Å². The molecule has 3 heterocycles. The van der Waals surface area contributed by atoms with Crippen molar-refractivity contribution in [1.29, 1.82) is 0 Å². The molecule has 0 N–H and O–H groups in total. The van der Waals surface area contributed by atoms with E-state index in [9.17, 15) is 14.4 Å². The van der Waals surface area contributed by atoms with Gasteiger partial charge >= 0.3 is 5.97 Å². The van der Waals surface area contributed by atoms with Gasteiger partial charge in [-0.25, -0.2) is 0 Å². The number of carbonyl (C=O) groups excluding carboxylic acids is 3. The third-order valence-corrected chi connectivity index (χ3v) is 5.48. The minimum Gasteiger partial charge on any atom is -0.465 e. The topological polar surface area (TPSA) is 109 Å². The summed E-state index contributed by atoms with van der Waals surface area (Å²) in [5.41, 5.74) is 2.21. The van der Waals surface area contributed by atoms with Gasteiger partial charge in [-0.05, 0) is 24.6 Å². The molecule has 0 atom stereocenters. The first-order valence-corrected chi connectivity index (χ1v) is 10.3. The van der Waals surface area contributed by atoms with Crippen molar-refractivity contribution in [2.24, 2.45) is 0 Å².